The van der Waals surface area contributed by atoms with Crippen molar-refractivity contribution >= 4 is 50.4 Å². The van der Waals surface area contributed by atoms with Gasteiger partial charge in [-0.1, -0.05) is 121 Å². The van der Waals surface area contributed by atoms with E-state index in [4.69, 9.17) is 0 Å². The quantitative estimate of drug-likeness (QED) is 0.140. The molecule has 1 N–H and O–H groups in total. The Balaban J connectivity index is 0.00000544. The van der Waals surface area contributed by atoms with Crippen LogP contribution in [0.5, 0.6) is 0 Å². The van der Waals surface area contributed by atoms with Crippen LogP contribution in [0.4, 0.5) is 0 Å². The van der Waals surface area contributed by atoms with Gasteiger partial charge in [0, 0.05) is 5.39 Å². The van der Waals surface area contributed by atoms with Gasteiger partial charge in [0.2, 0.25) is 0 Å². The first-order chi connectivity index (χ1) is 15.5. The number of rotatable bonds is 17. The van der Waals surface area contributed by atoms with Crippen LogP contribution in [0, 0.1) is 0 Å². The van der Waals surface area contributed by atoms with Crippen molar-refractivity contribution in [1.82, 2.24) is 0 Å². The van der Waals surface area contributed by atoms with Crippen LogP contribution in [0.1, 0.15) is 115 Å². The van der Waals surface area contributed by atoms with E-state index >= 15 is 0 Å². The number of fused-ring (bicyclic) bond motifs is 1. The van der Waals surface area contributed by atoms with E-state index in [0.29, 0.717) is 5.39 Å². The van der Waals surface area contributed by atoms with Crippen molar-refractivity contribution in [2.45, 2.75) is 121 Å². The van der Waals surface area contributed by atoms with Gasteiger partial charge in [-0.15, -0.1) is 0 Å². The van der Waals surface area contributed by atoms with Crippen molar-refractivity contribution in [3.63, 3.8) is 0 Å². The van der Waals surface area contributed by atoms with Crippen LogP contribution in [0.3, 0.4) is 0 Å². The Hall–Kier alpha value is -0.390. The van der Waals surface area contributed by atoms with Crippen molar-refractivity contribution in [2.24, 2.45) is 0 Å². The van der Waals surface area contributed by atoms with Gasteiger partial charge in [0.05, 0.1) is 0 Å². The molecule has 0 aliphatic rings. The van der Waals surface area contributed by atoms with Crippen molar-refractivity contribution in [3.8, 4) is 0 Å². The third-order valence-electron chi connectivity index (χ3n) is 6.53. The topological polar surface area (TPSA) is 54.4 Å². The van der Waals surface area contributed by atoms with Crippen LogP contribution in [0.15, 0.2) is 35.2 Å². The molecule has 0 heterocycles. The third-order valence-corrected chi connectivity index (χ3v) is 7.52. The zero-order valence-corrected chi connectivity index (χ0v) is 21.2. The van der Waals surface area contributed by atoms with Crippen molar-refractivity contribution in [3.05, 3.63) is 41.5 Å². The minimum absolute atomic E-state index is 0. The zero-order valence-electron chi connectivity index (χ0n) is 20.4. The molecule has 0 fully saturated rings. The molecule has 2 rings (SSSR count). The standard InChI is InChI=1S/C28H44O3S.Na.H/c1-3-5-7-9-11-13-15-19-24-23-25-20-17-18-22-27(25)28(32(29,30)31)26(24)21-16-14-12-10-8-6-4-2;;/h17-18,20,22-23H,3-16,19,21H2,1-2H3,(H,29,30,31);;. The maximum absolute atomic E-state index is 12.5. The number of unbranched alkanes of at least 4 members (excludes halogenated alkanes) is 12. The summed E-state index contributed by atoms with van der Waals surface area (Å²) in [6.07, 6.45) is 18.6. The third kappa shape index (κ3) is 10.8. The van der Waals surface area contributed by atoms with Gasteiger partial charge < -0.3 is 0 Å². The number of aryl methyl sites for hydroxylation is 1. The molecule has 3 nitrogen and oxygen atoms in total. The summed E-state index contributed by atoms with van der Waals surface area (Å²) in [7, 11) is -4.28. The molecule has 0 unspecified atom stereocenters. The molecule has 0 saturated carbocycles. The molecule has 0 bridgehead atoms. The number of hydrogen-bond acceptors (Lipinski definition) is 2. The second-order valence-corrected chi connectivity index (χ2v) is 10.6. The molecule has 0 aliphatic carbocycles. The molecule has 33 heavy (non-hydrogen) atoms. The monoisotopic (exact) mass is 484 g/mol. The van der Waals surface area contributed by atoms with E-state index in [9.17, 15) is 13.0 Å². The molecule has 0 aromatic heterocycles. The van der Waals surface area contributed by atoms with Gasteiger partial charge in [0.1, 0.15) is 4.90 Å². The average molecular weight is 485 g/mol. The number of benzene rings is 2. The summed E-state index contributed by atoms with van der Waals surface area (Å²) in [5.74, 6) is 0. The molecular formula is C28H45NaO3S. The number of hydrogen-bond donors (Lipinski definition) is 1. The first-order valence-electron chi connectivity index (χ1n) is 13.0. The molecule has 0 spiro atoms. The fourth-order valence-electron chi connectivity index (χ4n) is 4.74. The predicted molar refractivity (Wildman–Crippen MR) is 144 cm³/mol. The summed E-state index contributed by atoms with van der Waals surface area (Å²) in [6.45, 7) is 4.46. The van der Waals surface area contributed by atoms with E-state index in [1.165, 1.54) is 70.6 Å². The first kappa shape index (κ1) is 30.6. The fraction of sp³-hybridized carbons (Fsp3) is 0.643. The maximum atomic E-state index is 12.5. The molecule has 0 aliphatic heterocycles. The van der Waals surface area contributed by atoms with Gasteiger partial charge in [-0.2, -0.15) is 8.42 Å². The normalized spacial score (nSPS) is 11.6. The Morgan fingerprint density at radius 2 is 1.18 bits per heavy atom. The summed E-state index contributed by atoms with van der Waals surface area (Å²) in [5, 5.41) is 1.55. The Bertz CT molecular complexity index is 909. The Kier molecular flexibility index (Phi) is 15.9. The van der Waals surface area contributed by atoms with Gasteiger partial charge in [-0.25, -0.2) is 0 Å². The van der Waals surface area contributed by atoms with Crippen LogP contribution in [0.25, 0.3) is 10.8 Å². The SMILES string of the molecule is CCCCCCCCCc1cc2ccccc2c(S(=O)(=O)O)c1CCCCCCCCC.[NaH]. The van der Waals surface area contributed by atoms with E-state index in [0.717, 1.165) is 48.6 Å². The van der Waals surface area contributed by atoms with Crippen molar-refractivity contribution in [2.75, 3.05) is 0 Å². The van der Waals surface area contributed by atoms with Crippen LogP contribution < -0.4 is 0 Å². The zero-order chi connectivity index (χ0) is 23.2. The molecular weight excluding hydrogens is 439 g/mol. The van der Waals surface area contributed by atoms with E-state index < -0.39 is 10.1 Å². The molecule has 182 valence electrons. The molecule has 5 heteroatoms. The van der Waals surface area contributed by atoms with Crippen LogP contribution in [0.2, 0.25) is 0 Å². The molecule has 0 radical (unpaired) electrons. The fourth-order valence-corrected chi connectivity index (χ4v) is 5.74. The molecule has 0 amide bonds. The summed E-state index contributed by atoms with van der Waals surface area (Å²) >= 11 is 0. The molecule has 0 atom stereocenters. The Labute approximate surface area is 225 Å². The van der Waals surface area contributed by atoms with Crippen LogP contribution in [-0.2, 0) is 23.0 Å². The Morgan fingerprint density at radius 1 is 0.697 bits per heavy atom. The van der Waals surface area contributed by atoms with E-state index in [1.807, 2.05) is 24.3 Å². The van der Waals surface area contributed by atoms with Crippen molar-refractivity contribution < 1.29 is 13.0 Å². The van der Waals surface area contributed by atoms with Crippen molar-refractivity contribution in [1.29, 1.82) is 0 Å². The van der Waals surface area contributed by atoms with Gasteiger partial charge in [0.25, 0.3) is 10.1 Å². The Morgan fingerprint density at radius 3 is 1.73 bits per heavy atom. The molecule has 2 aromatic carbocycles. The second kappa shape index (κ2) is 17.1. The summed E-state index contributed by atoms with van der Waals surface area (Å²) in [4.78, 5) is 0.152. The minimum atomic E-state index is -4.28. The van der Waals surface area contributed by atoms with Gasteiger partial charge in [-0.05, 0) is 42.2 Å². The van der Waals surface area contributed by atoms with E-state index in [-0.39, 0.29) is 34.5 Å². The van der Waals surface area contributed by atoms with Crippen LogP contribution in [-0.4, -0.2) is 42.5 Å². The average Bonchev–Trinajstić information content (AvgIpc) is 2.76. The summed E-state index contributed by atoms with van der Waals surface area (Å²) in [5.41, 5.74) is 1.96. The van der Waals surface area contributed by atoms with Gasteiger partial charge >= 0.3 is 29.6 Å². The summed E-state index contributed by atoms with van der Waals surface area (Å²) < 4.78 is 35.1. The second-order valence-electron chi connectivity index (χ2n) is 9.28. The molecule has 2 aromatic rings. The summed E-state index contributed by atoms with van der Waals surface area (Å²) in [6, 6.07) is 9.73. The molecule has 0 saturated heterocycles. The first-order valence-corrected chi connectivity index (χ1v) is 14.4. The van der Waals surface area contributed by atoms with Gasteiger partial charge in [-0.3, -0.25) is 4.55 Å². The van der Waals surface area contributed by atoms with Gasteiger partial charge in [0.15, 0.2) is 0 Å². The van der Waals surface area contributed by atoms with E-state index in [2.05, 4.69) is 19.9 Å². The van der Waals surface area contributed by atoms with E-state index in [1.54, 1.807) is 0 Å². The predicted octanol–water partition coefficient (Wildman–Crippen LogP) is 8.02. The van der Waals surface area contributed by atoms with Crippen LogP contribution >= 0.6 is 0 Å².